The summed E-state index contributed by atoms with van der Waals surface area (Å²) < 4.78 is 5.17. The lowest BCUT2D eigenvalue weighted by Gasteiger charge is -2.14. The van der Waals surface area contributed by atoms with Crippen LogP contribution < -0.4 is 0 Å². The van der Waals surface area contributed by atoms with E-state index >= 15 is 0 Å². The van der Waals surface area contributed by atoms with Crippen LogP contribution in [0.5, 0.6) is 0 Å². The SMILES string of the molecule is c1ccc(-c2nc(-c3ccccc3)nc(-c3ccc(-c4cccc5c4sc4ccccc45)cc3-c3ccc4sc5ccccc5c4c3)n2)cc1. The molecule has 10 rings (SSSR count). The summed E-state index contributed by atoms with van der Waals surface area (Å²) in [5, 5.41) is 5.13. The second-order valence-corrected chi connectivity index (χ2v) is 14.5. The average Bonchev–Trinajstić information content (AvgIpc) is 3.76. The van der Waals surface area contributed by atoms with Crippen LogP contribution >= 0.6 is 22.7 Å². The van der Waals surface area contributed by atoms with Gasteiger partial charge in [-0.25, -0.2) is 15.0 Å². The Morgan fingerprint density at radius 3 is 1.56 bits per heavy atom. The van der Waals surface area contributed by atoms with Gasteiger partial charge in [0.25, 0.3) is 0 Å². The maximum Gasteiger partial charge on any atom is 0.164 e. The smallest absolute Gasteiger partial charge is 0.164 e. The van der Waals surface area contributed by atoms with Crippen LogP contribution in [0.15, 0.2) is 164 Å². The van der Waals surface area contributed by atoms with E-state index < -0.39 is 0 Å². The van der Waals surface area contributed by atoms with E-state index in [0.717, 1.165) is 33.4 Å². The zero-order chi connectivity index (χ0) is 33.0. The fraction of sp³-hybridized carbons (Fsp3) is 0. The first kappa shape index (κ1) is 29.0. The third-order valence-corrected chi connectivity index (χ3v) is 11.7. The molecule has 5 heteroatoms. The number of aromatic nitrogens is 3. The van der Waals surface area contributed by atoms with Crippen molar-refractivity contribution in [2.75, 3.05) is 0 Å². The number of rotatable bonds is 5. The van der Waals surface area contributed by atoms with Crippen molar-refractivity contribution in [1.82, 2.24) is 15.0 Å². The van der Waals surface area contributed by atoms with Crippen LogP contribution in [-0.2, 0) is 0 Å². The molecule has 234 valence electrons. The van der Waals surface area contributed by atoms with Crippen LogP contribution in [0.4, 0.5) is 0 Å². The number of fused-ring (bicyclic) bond motifs is 6. The molecule has 50 heavy (non-hydrogen) atoms. The Bertz CT molecular complexity index is 2810. The van der Waals surface area contributed by atoms with Gasteiger partial charge in [-0.3, -0.25) is 0 Å². The summed E-state index contributed by atoms with van der Waals surface area (Å²) in [5.74, 6) is 1.95. The maximum atomic E-state index is 5.15. The molecule has 0 atom stereocenters. The number of hydrogen-bond donors (Lipinski definition) is 0. The molecule has 0 aliphatic heterocycles. The van der Waals surface area contributed by atoms with Gasteiger partial charge in [-0.15, -0.1) is 22.7 Å². The van der Waals surface area contributed by atoms with Gasteiger partial charge in [0.2, 0.25) is 0 Å². The number of nitrogens with zero attached hydrogens (tertiary/aromatic N) is 3. The van der Waals surface area contributed by atoms with Gasteiger partial charge in [0.05, 0.1) is 0 Å². The van der Waals surface area contributed by atoms with Gasteiger partial charge in [-0.05, 0) is 58.7 Å². The summed E-state index contributed by atoms with van der Waals surface area (Å²) >= 11 is 3.69. The van der Waals surface area contributed by atoms with Crippen molar-refractivity contribution in [3.63, 3.8) is 0 Å². The van der Waals surface area contributed by atoms with E-state index in [4.69, 9.17) is 15.0 Å². The highest BCUT2D eigenvalue weighted by molar-refractivity contribution is 7.26. The van der Waals surface area contributed by atoms with Crippen molar-refractivity contribution < 1.29 is 0 Å². The molecule has 0 fully saturated rings. The second-order valence-electron chi connectivity index (χ2n) is 12.4. The maximum absolute atomic E-state index is 5.15. The minimum absolute atomic E-state index is 0.648. The summed E-state index contributed by atoms with van der Waals surface area (Å²) in [7, 11) is 0. The van der Waals surface area contributed by atoms with E-state index in [1.807, 2.05) is 59.1 Å². The fourth-order valence-corrected chi connectivity index (χ4v) is 9.27. The summed E-state index contributed by atoms with van der Waals surface area (Å²) in [6.07, 6.45) is 0. The normalized spacial score (nSPS) is 11.6. The molecule has 0 aliphatic rings. The summed E-state index contributed by atoms with van der Waals surface area (Å²) in [6, 6.07) is 58.0. The van der Waals surface area contributed by atoms with E-state index in [0.29, 0.717) is 17.5 Å². The van der Waals surface area contributed by atoms with Gasteiger partial charge in [0.1, 0.15) is 0 Å². The third-order valence-electron chi connectivity index (χ3n) is 9.36. The predicted octanol–water partition coefficient (Wildman–Crippen LogP) is 12.9. The lowest BCUT2D eigenvalue weighted by molar-refractivity contribution is 1.07. The molecular weight excluding hydrogens is 647 g/mol. The minimum Gasteiger partial charge on any atom is -0.208 e. The molecule has 0 saturated heterocycles. The largest absolute Gasteiger partial charge is 0.208 e. The molecule has 0 spiro atoms. The molecule has 0 amide bonds. The highest BCUT2D eigenvalue weighted by Gasteiger charge is 2.19. The molecule has 0 radical (unpaired) electrons. The first-order valence-corrected chi connectivity index (χ1v) is 18.2. The molecule has 3 heterocycles. The molecule has 0 aliphatic carbocycles. The summed E-state index contributed by atoms with van der Waals surface area (Å²) in [6.45, 7) is 0. The van der Waals surface area contributed by atoms with Crippen molar-refractivity contribution in [3.05, 3.63) is 164 Å². The summed E-state index contributed by atoms with van der Waals surface area (Å²) in [5.41, 5.74) is 7.48. The number of thiophene rings is 2. The van der Waals surface area contributed by atoms with Crippen molar-refractivity contribution in [1.29, 1.82) is 0 Å². The molecule has 0 bridgehead atoms. The lowest BCUT2D eigenvalue weighted by Crippen LogP contribution is -2.01. The van der Waals surface area contributed by atoms with Crippen LogP contribution in [0.25, 0.3) is 96.8 Å². The zero-order valence-electron chi connectivity index (χ0n) is 26.7. The Morgan fingerprint density at radius 2 is 0.840 bits per heavy atom. The second kappa shape index (κ2) is 11.8. The molecule has 0 N–H and O–H groups in total. The third kappa shape index (κ3) is 4.90. The number of benzene rings is 7. The molecule has 0 unspecified atom stereocenters. The van der Waals surface area contributed by atoms with Gasteiger partial charge in [-0.2, -0.15) is 0 Å². The van der Waals surface area contributed by atoms with E-state index in [9.17, 15) is 0 Å². The van der Waals surface area contributed by atoms with Crippen molar-refractivity contribution in [3.8, 4) is 56.4 Å². The molecule has 0 saturated carbocycles. The van der Waals surface area contributed by atoms with Crippen LogP contribution in [0.2, 0.25) is 0 Å². The Hall–Kier alpha value is -6.01. The first-order valence-electron chi connectivity index (χ1n) is 16.6. The van der Waals surface area contributed by atoms with Crippen molar-refractivity contribution in [2.45, 2.75) is 0 Å². The highest BCUT2D eigenvalue weighted by atomic mass is 32.1. The zero-order valence-corrected chi connectivity index (χ0v) is 28.4. The topological polar surface area (TPSA) is 38.7 Å². The Morgan fingerprint density at radius 1 is 0.300 bits per heavy atom. The molecular formula is C45H27N3S2. The van der Waals surface area contributed by atoms with Gasteiger partial charge in [0, 0.05) is 57.0 Å². The highest BCUT2D eigenvalue weighted by Crippen LogP contribution is 2.43. The first-order chi connectivity index (χ1) is 24.8. The molecule has 3 nitrogen and oxygen atoms in total. The van der Waals surface area contributed by atoms with E-state index in [1.165, 1.54) is 45.9 Å². The lowest BCUT2D eigenvalue weighted by atomic mass is 9.92. The van der Waals surface area contributed by atoms with Crippen LogP contribution in [-0.4, -0.2) is 15.0 Å². The Labute approximate surface area is 296 Å². The minimum atomic E-state index is 0.648. The fourth-order valence-electron chi connectivity index (χ4n) is 6.94. The van der Waals surface area contributed by atoms with E-state index in [1.54, 1.807) is 0 Å². The van der Waals surface area contributed by atoms with Gasteiger partial charge in [-0.1, -0.05) is 127 Å². The van der Waals surface area contributed by atoms with Crippen LogP contribution in [0, 0.1) is 0 Å². The number of hydrogen-bond acceptors (Lipinski definition) is 5. The Balaban J connectivity index is 1.24. The van der Waals surface area contributed by atoms with E-state index in [2.05, 4.69) is 127 Å². The predicted molar refractivity (Wildman–Crippen MR) is 213 cm³/mol. The standard InChI is InChI=1S/C45H27N3S2/c1-3-12-28(13-4-1)43-46-44(29-14-5-2-6-15-29)48-45(47-43)36-24-22-30(32-18-11-19-35-33-16-7-10-21-40(33)50-42(32)35)26-37(36)31-23-25-41-38(27-31)34-17-8-9-20-39(34)49-41/h1-27H. The Kier molecular flexibility index (Phi) is 6.86. The van der Waals surface area contributed by atoms with Gasteiger partial charge < -0.3 is 0 Å². The molecule has 7 aromatic carbocycles. The van der Waals surface area contributed by atoms with E-state index in [-0.39, 0.29) is 0 Å². The van der Waals surface area contributed by atoms with Crippen LogP contribution in [0.1, 0.15) is 0 Å². The van der Waals surface area contributed by atoms with Crippen molar-refractivity contribution >= 4 is 63.0 Å². The van der Waals surface area contributed by atoms with Crippen molar-refractivity contribution in [2.24, 2.45) is 0 Å². The quantitative estimate of drug-likeness (QED) is 0.182. The monoisotopic (exact) mass is 673 g/mol. The average molecular weight is 674 g/mol. The van der Waals surface area contributed by atoms with Gasteiger partial charge >= 0.3 is 0 Å². The molecule has 3 aromatic heterocycles. The van der Waals surface area contributed by atoms with Crippen LogP contribution in [0.3, 0.4) is 0 Å². The van der Waals surface area contributed by atoms with Gasteiger partial charge in [0.15, 0.2) is 17.5 Å². The summed E-state index contributed by atoms with van der Waals surface area (Å²) in [4.78, 5) is 15.3. The molecule has 10 aromatic rings.